The van der Waals surface area contributed by atoms with Gasteiger partial charge in [0.25, 0.3) is 0 Å². The molecule has 1 amide bonds. The summed E-state index contributed by atoms with van der Waals surface area (Å²) in [7, 11) is 0. The maximum Gasteiger partial charge on any atom is 0.223 e. The average Bonchev–Trinajstić information content (AvgIpc) is 2.40. The number of pyridine rings is 1. The van der Waals surface area contributed by atoms with Crippen LogP contribution in [0.3, 0.4) is 0 Å². The molecule has 1 aromatic heterocycles. The molecule has 0 bridgehead atoms. The molecular weight excluding hydrogens is 230 g/mol. The Morgan fingerprint density at radius 3 is 3.28 bits per heavy atom. The lowest BCUT2D eigenvalue weighted by atomic mass is 10.1. The quantitative estimate of drug-likeness (QED) is 0.822. The molecule has 2 N–H and O–H groups in total. The smallest absolute Gasteiger partial charge is 0.223 e. The summed E-state index contributed by atoms with van der Waals surface area (Å²) in [6.45, 7) is 4.24. The van der Waals surface area contributed by atoms with Crippen molar-refractivity contribution in [3.8, 4) is 0 Å². The monoisotopic (exact) mass is 249 g/mol. The zero-order valence-corrected chi connectivity index (χ0v) is 10.6. The minimum atomic E-state index is -0.0252. The lowest BCUT2D eigenvalue weighted by Gasteiger charge is -2.24. The molecule has 2 rings (SSSR count). The Morgan fingerprint density at radius 1 is 1.72 bits per heavy atom. The van der Waals surface area contributed by atoms with Crippen molar-refractivity contribution in [2.75, 3.05) is 19.7 Å². The van der Waals surface area contributed by atoms with E-state index in [4.69, 9.17) is 4.74 Å². The highest BCUT2D eigenvalue weighted by molar-refractivity contribution is 5.76. The van der Waals surface area contributed by atoms with Crippen LogP contribution in [0.15, 0.2) is 24.5 Å². The topological polar surface area (TPSA) is 63.2 Å². The van der Waals surface area contributed by atoms with Crippen LogP contribution < -0.4 is 10.6 Å². The minimum Gasteiger partial charge on any atom is -0.375 e. The molecule has 98 valence electrons. The molecule has 5 nitrogen and oxygen atoms in total. The molecule has 5 heteroatoms. The minimum absolute atomic E-state index is 0.0139. The van der Waals surface area contributed by atoms with Crippen molar-refractivity contribution >= 4 is 5.91 Å². The number of nitrogens with one attached hydrogen (secondary N) is 2. The van der Waals surface area contributed by atoms with E-state index in [1.165, 1.54) is 0 Å². The number of hydrogen-bond acceptors (Lipinski definition) is 4. The van der Waals surface area contributed by atoms with Crippen LogP contribution in [0.2, 0.25) is 0 Å². The van der Waals surface area contributed by atoms with Gasteiger partial charge < -0.3 is 15.4 Å². The first kappa shape index (κ1) is 13.0. The van der Waals surface area contributed by atoms with E-state index in [-0.39, 0.29) is 18.1 Å². The van der Waals surface area contributed by atoms with Crippen LogP contribution in [0.25, 0.3) is 0 Å². The van der Waals surface area contributed by atoms with Crippen molar-refractivity contribution in [3.05, 3.63) is 30.1 Å². The predicted molar refractivity (Wildman–Crippen MR) is 68.0 cm³/mol. The molecule has 1 aliphatic rings. The van der Waals surface area contributed by atoms with Gasteiger partial charge in [0, 0.05) is 25.5 Å². The molecule has 0 spiro atoms. The third kappa shape index (κ3) is 3.78. The van der Waals surface area contributed by atoms with Crippen LogP contribution in [0.1, 0.15) is 24.9 Å². The summed E-state index contributed by atoms with van der Waals surface area (Å²) >= 11 is 0. The molecule has 2 heterocycles. The first-order valence-corrected chi connectivity index (χ1v) is 6.27. The second-order valence-corrected chi connectivity index (χ2v) is 4.48. The summed E-state index contributed by atoms with van der Waals surface area (Å²) in [4.78, 5) is 15.9. The molecule has 18 heavy (non-hydrogen) atoms. The number of morpholine rings is 1. The Labute approximate surface area is 107 Å². The Hall–Kier alpha value is -1.46. The fourth-order valence-electron chi connectivity index (χ4n) is 1.97. The average molecular weight is 249 g/mol. The maximum absolute atomic E-state index is 11.9. The highest BCUT2D eigenvalue weighted by atomic mass is 16.5. The van der Waals surface area contributed by atoms with Crippen LogP contribution in [0, 0.1) is 0 Å². The molecule has 0 aliphatic carbocycles. The van der Waals surface area contributed by atoms with E-state index in [0.29, 0.717) is 13.0 Å². The number of rotatable bonds is 4. The second-order valence-electron chi connectivity index (χ2n) is 4.48. The van der Waals surface area contributed by atoms with E-state index in [1.807, 2.05) is 19.1 Å². The van der Waals surface area contributed by atoms with Gasteiger partial charge in [-0.25, -0.2) is 0 Å². The van der Waals surface area contributed by atoms with E-state index in [9.17, 15) is 4.79 Å². The zero-order valence-electron chi connectivity index (χ0n) is 10.6. The normalized spacial score (nSPS) is 21.3. The van der Waals surface area contributed by atoms with E-state index in [2.05, 4.69) is 15.6 Å². The molecule has 1 aromatic rings. The second kappa shape index (κ2) is 6.47. The number of hydrogen-bond donors (Lipinski definition) is 2. The molecule has 0 aromatic carbocycles. The van der Waals surface area contributed by atoms with E-state index < -0.39 is 0 Å². The summed E-state index contributed by atoms with van der Waals surface area (Å²) in [5.41, 5.74) is 1.01. The molecule has 1 fully saturated rings. The third-order valence-electron chi connectivity index (χ3n) is 2.98. The summed E-state index contributed by atoms with van der Waals surface area (Å²) in [5, 5.41) is 6.17. The van der Waals surface area contributed by atoms with Crippen molar-refractivity contribution in [3.63, 3.8) is 0 Å². The Kier molecular flexibility index (Phi) is 4.66. The van der Waals surface area contributed by atoms with Gasteiger partial charge in [0.05, 0.1) is 25.2 Å². The van der Waals surface area contributed by atoms with Crippen molar-refractivity contribution in [2.45, 2.75) is 25.5 Å². The largest absolute Gasteiger partial charge is 0.375 e. The van der Waals surface area contributed by atoms with Crippen molar-refractivity contribution in [1.82, 2.24) is 15.6 Å². The molecule has 1 aliphatic heterocycles. The SMILES string of the molecule is C[C@H](NC(=O)CC1CNCCO1)c1cccnc1. The number of amides is 1. The molecule has 0 radical (unpaired) electrons. The molecule has 1 saturated heterocycles. The number of ether oxygens (including phenoxy) is 1. The maximum atomic E-state index is 11.9. The van der Waals surface area contributed by atoms with Crippen molar-refractivity contribution in [2.24, 2.45) is 0 Å². The van der Waals surface area contributed by atoms with E-state index in [0.717, 1.165) is 18.7 Å². The van der Waals surface area contributed by atoms with Gasteiger partial charge in [-0.05, 0) is 18.6 Å². The number of nitrogens with zero attached hydrogens (tertiary/aromatic N) is 1. The molecular formula is C13H19N3O2. The number of carbonyl (C=O) groups is 1. The first-order valence-electron chi connectivity index (χ1n) is 6.27. The summed E-state index contributed by atoms with van der Waals surface area (Å²) < 4.78 is 5.50. The van der Waals surface area contributed by atoms with Gasteiger partial charge >= 0.3 is 0 Å². The predicted octanol–water partition coefficient (Wildman–Crippen LogP) is 0.637. The fourth-order valence-corrected chi connectivity index (χ4v) is 1.97. The van der Waals surface area contributed by atoms with Gasteiger partial charge in [-0.2, -0.15) is 0 Å². The van der Waals surface area contributed by atoms with E-state index in [1.54, 1.807) is 12.4 Å². The van der Waals surface area contributed by atoms with Crippen LogP contribution in [-0.4, -0.2) is 36.7 Å². The number of aromatic nitrogens is 1. The summed E-state index contributed by atoms with van der Waals surface area (Å²) in [6.07, 6.45) is 3.88. The van der Waals surface area contributed by atoms with Crippen LogP contribution in [0.4, 0.5) is 0 Å². The lowest BCUT2D eigenvalue weighted by Crippen LogP contribution is -2.41. The Bertz CT molecular complexity index is 377. The van der Waals surface area contributed by atoms with Gasteiger partial charge in [-0.3, -0.25) is 9.78 Å². The molecule has 0 saturated carbocycles. The fraction of sp³-hybridized carbons (Fsp3) is 0.538. The third-order valence-corrected chi connectivity index (χ3v) is 2.98. The molecule has 2 atom stereocenters. The highest BCUT2D eigenvalue weighted by Gasteiger charge is 2.18. The van der Waals surface area contributed by atoms with Crippen LogP contribution in [-0.2, 0) is 9.53 Å². The Balaban J connectivity index is 1.80. The first-order chi connectivity index (χ1) is 8.75. The van der Waals surface area contributed by atoms with Crippen LogP contribution in [0.5, 0.6) is 0 Å². The van der Waals surface area contributed by atoms with Gasteiger partial charge in [0.1, 0.15) is 0 Å². The summed E-state index contributed by atoms with van der Waals surface area (Å²) in [5.74, 6) is 0.0139. The standard InChI is InChI=1S/C13H19N3O2/c1-10(11-3-2-4-14-8-11)16-13(17)7-12-9-15-5-6-18-12/h2-4,8,10,12,15H,5-7,9H2,1H3,(H,16,17)/t10-,12?/m0/s1. The highest BCUT2D eigenvalue weighted by Crippen LogP contribution is 2.10. The van der Waals surface area contributed by atoms with Gasteiger partial charge in [0.15, 0.2) is 0 Å². The van der Waals surface area contributed by atoms with Crippen molar-refractivity contribution in [1.29, 1.82) is 0 Å². The summed E-state index contributed by atoms with van der Waals surface area (Å²) in [6, 6.07) is 3.80. The van der Waals surface area contributed by atoms with Crippen molar-refractivity contribution < 1.29 is 9.53 Å². The van der Waals surface area contributed by atoms with E-state index >= 15 is 0 Å². The van der Waals surface area contributed by atoms with Gasteiger partial charge in [-0.1, -0.05) is 6.07 Å². The van der Waals surface area contributed by atoms with Gasteiger partial charge in [-0.15, -0.1) is 0 Å². The number of carbonyl (C=O) groups excluding carboxylic acids is 1. The lowest BCUT2D eigenvalue weighted by molar-refractivity contribution is -0.125. The van der Waals surface area contributed by atoms with Gasteiger partial charge in [0.2, 0.25) is 5.91 Å². The Morgan fingerprint density at radius 2 is 2.61 bits per heavy atom. The van der Waals surface area contributed by atoms with Crippen LogP contribution >= 0.6 is 0 Å². The zero-order chi connectivity index (χ0) is 12.8. The molecule has 1 unspecified atom stereocenters.